The van der Waals surface area contributed by atoms with Gasteiger partial charge in [-0.15, -0.1) is 0 Å². The number of nitrogens with zero attached hydrogens (tertiary/aromatic N) is 3. The minimum Gasteiger partial charge on any atom is -0.495 e. The second-order valence-electron chi connectivity index (χ2n) is 8.68. The van der Waals surface area contributed by atoms with Gasteiger partial charge < -0.3 is 10.5 Å². The molecule has 13 heteroatoms. The molecule has 39 heavy (non-hydrogen) atoms. The minimum atomic E-state index is -3.94. The van der Waals surface area contributed by atoms with Gasteiger partial charge in [-0.1, -0.05) is 54.1 Å². The quantitative estimate of drug-likeness (QED) is 0.340. The molecular formula is C26H24ClFN4O6S. The van der Waals surface area contributed by atoms with Gasteiger partial charge >= 0.3 is 17.1 Å². The molecule has 4 rings (SSSR count). The highest BCUT2D eigenvalue weighted by molar-refractivity contribution is 7.90. The third-order valence-corrected chi connectivity index (χ3v) is 7.67. The lowest BCUT2D eigenvalue weighted by molar-refractivity contribution is 0.414. The smallest absolute Gasteiger partial charge is 0.341 e. The molecule has 0 amide bonds. The van der Waals surface area contributed by atoms with E-state index in [0.29, 0.717) is 14.7 Å². The fourth-order valence-corrected chi connectivity index (χ4v) is 5.38. The molecule has 2 N–H and O–H groups in total. The Labute approximate surface area is 227 Å². The Morgan fingerprint density at radius 3 is 2.21 bits per heavy atom. The van der Waals surface area contributed by atoms with E-state index in [1.165, 1.54) is 31.4 Å². The molecule has 4 aromatic rings. The summed E-state index contributed by atoms with van der Waals surface area (Å²) in [6.07, 6.45) is 0.877. The summed E-state index contributed by atoms with van der Waals surface area (Å²) < 4.78 is 46.8. The minimum absolute atomic E-state index is 0.0916. The molecule has 0 fully saturated rings. The number of methoxy groups -OCH3 is 1. The van der Waals surface area contributed by atoms with Crippen LogP contribution in [0.4, 0.5) is 4.39 Å². The molecule has 10 nitrogen and oxygen atoms in total. The van der Waals surface area contributed by atoms with Crippen LogP contribution in [0.25, 0.3) is 5.69 Å². The summed E-state index contributed by atoms with van der Waals surface area (Å²) in [5, 5.41) is -0.0916. The van der Waals surface area contributed by atoms with E-state index in [9.17, 15) is 27.2 Å². The zero-order chi connectivity index (χ0) is 28.5. The van der Waals surface area contributed by atoms with Crippen molar-refractivity contribution in [3.8, 4) is 11.4 Å². The maximum Gasteiger partial charge on any atom is 0.341 e. The summed E-state index contributed by atoms with van der Waals surface area (Å²) in [4.78, 5) is 40.4. The van der Waals surface area contributed by atoms with Crippen molar-refractivity contribution in [1.82, 2.24) is 13.7 Å². The predicted molar refractivity (Wildman–Crippen MR) is 144 cm³/mol. The van der Waals surface area contributed by atoms with E-state index in [-0.39, 0.29) is 23.0 Å². The molecule has 1 unspecified atom stereocenters. The summed E-state index contributed by atoms with van der Waals surface area (Å²) in [7, 11) is -2.60. The molecule has 1 heterocycles. The Bertz CT molecular complexity index is 1830. The van der Waals surface area contributed by atoms with E-state index >= 15 is 0 Å². The van der Waals surface area contributed by atoms with E-state index in [2.05, 4.69) is 0 Å². The van der Waals surface area contributed by atoms with Crippen molar-refractivity contribution in [3.63, 3.8) is 0 Å². The molecule has 0 bridgehead atoms. The van der Waals surface area contributed by atoms with Gasteiger partial charge in [0.2, 0.25) is 0 Å². The maximum absolute atomic E-state index is 14.9. The van der Waals surface area contributed by atoms with E-state index in [0.717, 1.165) is 23.0 Å². The monoisotopic (exact) mass is 574 g/mol. The highest BCUT2D eigenvalue weighted by atomic mass is 35.5. The number of aromatic nitrogens is 3. The molecule has 0 radical (unpaired) electrons. The van der Waals surface area contributed by atoms with Crippen LogP contribution >= 0.6 is 11.6 Å². The topological polar surface area (TPSA) is 135 Å². The van der Waals surface area contributed by atoms with Gasteiger partial charge in [0.25, 0.3) is 0 Å². The Hall–Kier alpha value is -4.00. The van der Waals surface area contributed by atoms with Crippen molar-refractivity contribution in [2.75, 3.05) is 13.4 Å². The van der Waals surface area contributed by atoms with Crippen molar-refractivity contribution in [2.24, 2.45) is 5.73 Å². The largest absolute Gasteiger partial charge is 0.495 e. The van der Waals surface area contributed by atoms with Gasteiger partial charge in [-0.3, -0.25) is 0 Å². The maximum atomic E-state index is 14.9. The summed E-state index contributed by atoms with van der Waals surface area (Å²) in [5.74, 6) is -0.798. The number of ether oxygens (including phenoxy) is 1. The molecule has 0 spiro atoms. The number of rotatable bonds is 8. The van der Waals surface area contributed by atoms with Gasteiger partial charge in [0.15, 0.2) is 9.84 Å². The molecule has 0 saturated heterocycles. The second-order valence-corrected chi connectivity index (χ2v) is 11.0. The average molecular weight is 575 g/mol. The normalized spacial score (nSPS) is 12.3. The average Bonchev–Trinajstić information content (AvgIpc) is 2.90. The van der Waals surface area contributed by atoms with Crippen LogP contribution in [0.1, 0.15) is 17.2 Å². The lowest BCUT2D eigenvalue weighted by Crippen LogP contribution is -2.55. The van der Waals surface area contributed by atoms with Crippen LogP contribution in [0, 0.1) is 5.82 Å². The van der Waals surface area contributed by atoms with Crippen LogP contribution in [0.2, 0.25) is 5.02 Å². The lowest BCUT2D eigenvalue weighted by Gasteiger charge is -2.19. The van der Waals surface area contributed by atoms with Crippen LogP contribution in [-0.2, 0) is 22.9 Å². The third kappa shape index (κ3) is 5.44. The van der Waals surface area contributed by atoms with Crippen LogP contribution < -0.4 is 27.5 Å². The molecule has 0 aliphatic rings. The highest BCUT2D eigenvalue weighted by Crippen LogP contribution is 2.29. The van der Waals surface area contributed by atoms with Crippen LogP contribution in [0.3, 0.4) is 0 Å². The van der Waals surface area contributed by atoms with Crippen LogP contribution in [-0.4, -0.2) is 35.5 Å². The number of benzene rings is 3. The zero-order valence-corrected chi connectivity index (χ0v) is 22.4. The summed E-state index contributed by atoms with van der Waals surface area (Å²) >= 11 is 6.42. The summed E-state index contributed by atoms with van der Waals surface area (Å²) in [6.45, 7) is -1.13. The summed E-state index contributed by atoms with van der Waals surface area (Å²) in [6, 6.07) is 15.6. The first kappa shape index (κ1) is 28.0. The fraction of sp³-hybridized carbons (Fsp3) is 0.192. The standard InChI is InChI=1S/C26H24ClFN4O6S/c1-38-21-12-7-11-20(23(21)27)32-25(34)30(14-17-18(28)10-6-13-22(17)39(2,36)37)24(33)31(26(32)35)15-19(29)16-8-4-3-5-9-16/h3-13,19H,14-15,29H2,1-2H3. The molecule has 1 atom stereocenters. The van der Waals surface area contributed by atoms with E-state index in [1.54, 1.807) is 30.3 Å². The number of hydrogen-bond acceptors (Lipinski definition) is 7. The molecule has 3 aromatic carbocycles. The van der Waals surface area contributed by atoms with Gasteiger partial charge in [0.05, 0.1) is 30.8 Å². The Balaban J connectivity index is 2.03. The van der Waals surface area contributed by atoms with Gasteiger partial charge in [0.1, 0.15) is 16.6 Å². The van der Waals surface area contributed by atoms with Crippen molar-refractivity contribution in [2.45, 2.75) is 24.0 Å². The van der Waals surface area contributed by atoms with Crippen molar-refractivity contribution in [1.29, 1.82) is 0 Å². The molecule has 0 aliphatic carbocycles. The first-order chi connectivity index (χ1) is 18.5. The van der Waals surface area contributed by atoms with Crippen molar-refractivity contribution >= 4 is 21.4 Å². The van der Waals surface area contributed by atoms with Gasteiger partial charge in [-0.05, 0) is 29.8 Å². The van der Waals surface area contributed by atoms with E-state index in [4.69, 9.17) is 22.1 Å². The molecule has 1 aromatic heterocycles. The highest BCUT2D eigenvalue weighted by Gasteiger charge is 2.24. The Morgan fingerprint density at radius 2 is 1.56 bits per heavy atom. The fourth-order valence-electron chi connectivity index (χ4n) is 4.16. The lowest BCUT2D eigenvalue weighted by atomic mass is 10.1. The van der Waals surface area contributed by atoms with Crippen LogP contribution in [0.5, 0.6) is 5.75 Å². The Kier molecular flexibility index (Phi) is 7.91. The van der Waals surface area contributed by atoms with Crippen LogP contribution in [0.15, 0.2) is 86.0 Å². The van der Waals surface area contributed by atoms with E-state index < -0.39 is 55.8 Å². The number of sulfone groups is 1. The van der Waals surface area contributed by atoms with Crippen molar-refractivity contribution < 1.29 is 17.5 Å². The van der Waals surface area contributed by atoms with Gasteiger partial charge in [0, 0.05) is 17.9 Å². The summed E-state index contributed by atoms with van der Waals surface area (Å²) in [5.41, 5.74) is 3.09. The van der Waals surface area contributed by atoms with Gasteiger partial charge in [-0.2, -0.15) is 0 Å². The van der Waals surface area contributed by atoms with E-state index in [1.807, 2.05) is 0 Å². The first-order valence-electron chi connectivity index (χ1n) is 11.5. The molecule has 0 aliphatic heterocycles. The molecule has 0 saturated carbocycles. The van der Waals surface area contributed by atoms with Crippen molar-refractivity contribution in [3.05, 3.63) is 120 Å². The molecular weight excluding hydrogens is 551 g/mol. The SMILES string of the molecule is COc1cccc(-n2c(=O)n(Cc3c(F)cccc3S(C)(=O)=O)c(=O)n(CC(N)c3ccccc3)c2=O)c1Cl. The first-order valence-corrected chi connectivity index (χ1v) is 13.8. The Morgan fingerprint density at radius 1 is 0.923 bits per heavy atom. The number of halogens is 2. The molecule has 204 valence electrons. The number of nitrogens with two attached hydrogens (primary N) is 1. The second kappa shape index (κ2) is 11.0. The third-order valence-electron chi connectivity index (χ3n) is 6.11. The zero-order valence-electron chi connectivity index (χ0n) is 20.9. The predicted octanol–water partition coefficient (Wildman–Crippen LogP) is 2.11. The number of hydrogen-bond donors (Lipinski definition) is 1. The van der Waals surface area contributed by atoms with Gasteiger partial charge in [-0.25, -0.2) is 40.9 Å².